The van der Waals surface area contributed by atoms with Crippen molar-refractivity contribution in [3.63, 3.8) is 0 Å². The number of nitrogens with two attached hydrogens (primary N) is 1. The number of nitrogen functional groups attached to an aromatic ring is 1. The number of anilines is 2. The first-order valence-electron chi connectivity index (χ1n) is 8.58. The molecular weight excluding hydrogens is 360 g/mol. The molecule has 2 aromatic heterocycles. The highest BCUT2D eigenvalue weighted by molar-refractivity contribution is 7.19. The summed E-state index contributed by atoms with van der Waals surface area (Å²) in [6.45, 7) is 6.17. The molecule has 0 aliphatic heterocycles. The lowest BCUT2D eigenvalue weighted by Crippen LogP contribution is -2.21. The molecule has 0 amide bonds. The van der Waals surface area contributed by atoms with Gasteiger partial charge in [0.2, 0.25) is 11.5 Å². The predicted octanol–water partition coefficient (Wildman–Crippen LogP) is 4.54. The molecule has 0 saturated heterocycles. The van der Waals surface area contributed by atoms with Crippen LogP contribution >= 0.6 is 11.3 Å². The summed E-state index contributed by atoms with van der Waals surface area (Å²) < 4.78 is 5.24. The highest BCUT2D eigenvalue weighted by Crippen LogP contribution is 2.37. The van der Waals surface area contributed by atoms with Gasteiger partial charge >= 0.3 is 0 Å². The van der Waals surface area contributed by atoms with Crippen molar-refractivity contribution in [2.45, 2.75) is 26.8 Å². The fourth-order valence-electron chi connectivity index (χ4n) is 2.44. The molecule has 6 nitrogen and oxygen atoms in total. The maximum atomic E-state index is 12.9. The molecule has 0 aliphatic rings. The first-order valence-corrected chi connectivity index (χ1v) is 9.39. The Balaban J connectivity index is 1.93. The van der Waals surface area contributed by atoms with Crippen LogP contribution in [0.1, 0.15) is 41.8 Å². The van der Waals surface area contributed by atoms with Gasteiger partial charge in [0.15, 0.2) is 0 Å². The second kappa shape index (κ2) is 7.64. The standard InChI is InChI=1S/C20H20N4O2S/c1-11(2)12(3)23-20-14(10-21)17(22)19(27-20)18(25)16-9-15(24-26-16)13-7-5-4-6-8-13/h4-9,11-12,23H,22H2,1-3H3. The van der Waals surface area contributed by atoms with E-state index in [1.54, 1.807) is 6.07 Å². The van der Waals surface area contributed by atoms with E-state index in [1.807, 2.05) is 37.3 Å². The summed E-state index contributed by atoms with van der Waals surface area (Å²) in [5.41, 5.74) is 7.97. The van der Waals surface area contributed by atoms with Crippen LogP contribution in [0.25, 0.3) is 11.3 Å². The van der Waals surface area contributed by atoms with E-state index < -0.39 is 0 Å². The monoisotopic (exact) mass is 380 g/mol. The zero-order chi connectivity index (χ0) is 19.6. The quantitative estimate of drug-likeness (QED) is 0.608. The largest absolute Gasteiger partial charge is 0.396 e. The normalized spacial score (nSPS) is 12.0. The Bertz CT molecular complexity index is 999. The molecule has 3 N–H and O–H groups in total. The number of hydrogen-bond acceptors (Lipinski definition) is 7. The Morgan fingerprint density at radius 2 is 2.00 bits per heavy atom. The zero-order valence-corrected chi connectivity index (χ0v) is 16.1. The topological polar surface area (TPSA) is 105 Å². The molecule has 0 spiro atoms. The number of carbonyl (C=O) groups is 1. The Morgan fingerprint density at radius 1 is 1.30 bits per heavy atom. The van der Waals surface area contributed by atoms with Gasteiger partial charge in [0.1, 0.15) is 27.2 Å². The third-order valence-corrected chi connectivity index (χ3v) is 5.56. The van der Waals surface area contributed by atoms with Gasteiger partial charge in [-0.05, 0) is 12.8 Å². The van der Waals surface area contributed by atoms with Gasteiger partial charge in [-0.1, -0.05) is 49.3 Å². The van der Waals surface area contributed by atoms with Gasteiger partial charge in [-0.3, -0.25) is 4.79 Å². The number of thiophene rings is 1. The van der Waals surface area contributed by atoms with Gasteiger partial charge in [0, 0.05) is 17.7 Å². The lowest BCUT2D eigenvalue weighted by Gasteiger charge is -2.17. The number of nitrogens with zero attached hydrogens (tertiary/aromatic N) is 2. The summed E-state index contributed by atoms with van der Waals surface area (Å²) in [7, 11) is 0. The van der Waals surface area contributed by atoms with Crippen molar-refractivity contribution in [3.8, 4) is 17.3 Å². The van der Waals surface area contributed by atoms with Crippen LogP contribution in [0.4, 0.5) is 10.7 Å². The molecule has 3 aromatic rings. The third kappa shape index (κ3) is 3.71. The lowest BCUT2D eigenvalue weighted by molar-refractivity contribution is 0.100. The molecule has 0 radical (unpaired) electrons. The summed E-state index contributed by atoms with van der Waals surface area (Å²) in [4.78, 5) is 13.2. The third-order valence-electron chi connectivity index (χ3n) is 4.43. The smallest absolute Gasteiger partial charge is 0.243 e. The average molecular weight is 380 g/mol. The minimum Gasteiger partial charge on any atom is -0.396 e. The fourth-order valence-corrected chi connectivity index (χ4v) is 3.55. The summed E-state index contributed by atoms with van der Waals surface area (Å²) in [5.74, 6) is 0.0744. The average Bonchev–Trinajstić information content (AvgIpc) is 3.27. The molecule has 1 atom stereocenters. The number of rotatable bonds is 6. The Morgan fingerprint density at radius 3 is 2.63 bits per heavy atom. The van der Waals surface area contributed by atoms with Crippen LogP contribution in [-0.2, 0) is 0 Å². The number of nitriles is 1. The first-order chi connectivity index (χ1) is 12.9. The lowest BCUT2D eigenvalue weighted by atomic mass is 10.1. The maximum absolute atomic E-state index is 12.9. The number of nitrogens with one attached hydrogen (secondary N) is 1. The Hall–Kier alpha value is -3.11. The number of carbonyl (C=O) groups excluding carboxylic acids is 1. The van der Waals surface area contributed by atoms with Gasteiger partial charge in [-0.25, -0.2) is 0 Å². The van der Waals surface area contributed by atoms with Crippen LogP contribution in [0.2, 0.25) is 0 Å². The summed E-state index contributed by atoms with van der Waals surface area (Å²) in [5, 5.41) is 17.3. The minimum atomic E-state index is -0.381. The van der Waals surface area contributed by atoms with Crippen molar-refractivity contribution in [1.29, 1.82) is 5.26 Å². The van der Waals surface area contributed by atoms with E-state index in [2.05, 4.69) is 30.4 Å². The van der Waals surface area contributed by atoms with Gasteiger partial charge in [0.05, 0.1) is 5.69 Å². The van der Waals surface area contributed by atoms with E-state index in [-0.39, 0.29) is 28.1 Å². The molecule has 0 fully saturated rings. The summed E-state index contributed by atoms with van der Waals surface area (Å²) in [6.07, 6.45) is 0. The highest BCUT2D eigenvalue weighted by atomic mass is 32.1. The fraction of sp³-hybridized carbons (Fsp3) is 0.250. The van der Waals surface area contributed by atoms with E-state index in [9.17, 15) is 10.1 Å². The van der Waals surface area contributed by atoms with Crippen molar-refractivity contribution in [2.24, 2.45) is 5.92 Å². The van der Waals surface area contributed by atoms with Crippen molar-refractivity contribution in [2.75, 3.05) is 11.1 Å². The van der Waals surface area contributed by atoms with Crippen molar-refractivity contribution in [3.05, 3.63) is 52.6 Å². The van der Waals surface area contributed by atoms with E-state index >= 15 is 0 Å². The molecule has 2 heterocycles. The van der Waals surface area contributed by atoms with E-state index in [0.29, 0.717) is 22.2 Å². The molecule has 1 aromatic carbocycles. The number of aromatic nitrogens is 1. The van der Waals surface area contributed by atoms with E-state index in [0.717, 1.165) is 5.56 Å². The zero-order valence-electron chi connectivity index (χ0n) is 15.3. The van der Waals surface area contributed by atoms with E-state index in [1.165, 1.54) is 11.3 Å². The van der Waals surface area contributed by atoms with Crippen LogP contribution < -0.4 is 11.1 Å². The molecular formula is C20H20N4O2S. The van der Waals surface area contributed by atoms with Crippen LogP contribution in [0.5, 0.6) is 0 Å². The molecule has 0 bridgehead atoms. The molecule has 7 heteroatoms. The van der Waals surface area contributed by atoms with Crippen molar-refractivity contribution >= 4 is 27.8 Å². The molecule has 27 heavy (non-hydrogen) atoms. The molecule has 0 saturated carbocycles. The number of ketones is 1. The molecule has 3 rings (SSSR count). The minimum absolute atomic E-state index is 0.0924. The van der Waals surface area contributed by atoms with Gasteiger partial charge in [-0.2, -0.15) is 5.26 Å². The Labute approximate surface area is 161 Å². The number of hydrogen-bond donors (Lipinski definition) is 2. The maximum Gasteiger partial charge on any atom is 0.243 e. The predicted molar refractivity (Wildman–Crippen MR) is 107 cm³/mol. The molecule has 0 aliphatic carbocycles. The van der Waals surface area contributed by atoms with E-state index in [4.69, 9.17) is 10.3 Å². The second-order valence-corrected chi connectivity index (χ2v) is 7.63. The highest BCUT2D eigenvalue weighted by Gasteiger charge is 2.26. The van der Waals surface area contributed by atoms with Crippen LogP contribution in [0.3, 0.4) is 0 Å². The molecule has 138 valence electrons. The van der Waals surface area contributed by atoms with Crippen molar-refractivity contribution in [1.82, 2.24) is 5.16 Å². The van der Waals surface area contributed by atoms with Gasteiger partial charge < -0.3 is 15.6 Å². The summed E-state index contributed by atoms with van der Waals surface area (Å²) in [6, 6.07) is 13.3. The van der Waals surface area contributed by atoms with Gasteiger partial charge in [0.25, 0.3) is 0 Å². The number of benzene rings is 1. The van der Waals surface area contributed by atoms with Crippen molar-refractivity contribution < 1.29 is 9.32 Å². The van der Waals surface area contributed by atoms with Crippen LogP contribution in [0.15, 0.2) is 40.9 Å². The SMILES string of the molecule is CC(C)C(C)Nc1sc(C(=O)c2cc(-c3ccccc3)no2)c(N)c1C#N. The Kier molecular flexibility index (Phi) is 5.28. The van der Waals surface area contributed by atoms with Crippen LogP contribution in [0, 0.1) is 17.2 Å². The first kappa shape index (κ1) is 18.7. The second-order valence-electron chi connectivity index (χ2n) is 6.61. The van der Waals surface area contributed by atoms with Gasteiger partial charge in [-0.15, -0.1) is 11.3 Å². The summed E-state index contributed by atoms with van der Waals surface area (Å²) >= 11 is 1.17. The van der Waals surface area contributed by atoms with Crippen LogP contribution in [-0.4, -0.2) is 17.0 Å². The molecule has 1 unspecified atom stereocenters.